The number of nitrogens with one attached hydrogen (secondary N) is 1. The number of hydrogen-bond donors (Lipinski definition) is 2. The number of carbonyl (C=O) groups excluding carboxylic acids is 1. The van der Waals surface area contributed by atoms with Crippen LogP contribution in [0.2, 0.25) is 0 Å². The zero-order valence-corrected chi connectivity index (χ0v) is 11.7. The van der Waals surface area contributed by atoms with Gasteiger partial charge in [0.25, 0.3) is 5.91 Å². The van der Waals surface area contributed by atoms with Gasteiger partial charge in [-0.15, -0.1) is 11.3 Å². The fourth-order valence-corrected chi connectivity index (χ4v) is 3.13. The van der Waals surface area contributed by atoms with Crippen molar-refractivity contribution in [3.63, 3.8) is 0 Å². The monoisotopic (exact) mass is 292 g/mol. The molecule has 1 fully saturated rings. The molecule has 106 valence electrons. The van der Waals surface area contributed by atoms with E-state index in [1.54, 1.807) is 17.7 Å². The highest BCUT2D eigenvalue weighted by atomic mass is 32.1. The van der Waals surface area contributed by atoms with E-state index in [0.29, 0.717) is 16.5 Å². The first kappa shape index (κ1) is 13.3. The molecule has 1 amide bonds. The number of hydrogen-bond acceptors (Lipinski definition) is 5. The summed E-state index contributed by atoms with van der Waals surface area (Å²) < 4.78 is 5.25. The zero-order chi connectivity index (χ0) is 13.9. The third-order valence-electron chi connectivity index (χ3n) is 3.52. The van der Waals surface area contributed by atoms with Crippen LogP contribution in [-0.2, 0) is 0 Å². The first-order valence-electron chi connectivity index (χ1n) is 6.72. The van der Waals surface area contributed by atoms with E-state index < -0.39 is 6.10 Å². The first-order valence-corrected chi connectivity index (χ1v) is 7.60. The molecule has 0 radical (unpaired) electrons. The van der Waals surface area contributed by atoms with Crippen LogP contribution in [0.15, 0.2) is 28.2 Å². The molecule has 6 heteroatoms. The molecule has 3 rings (SSSR count). The van der Waals surface area contributed by atoms with Crippen molar-refractivity contribution in [2.45, 2.75) is 37.8 Å². The standard InChI is InChI=1S/C14H16N2O3S/c17-11-5-2-1-4-9(11)15-13(18)14-16-10(8-20-14)12-6-3-7-19-12/h3,6-9,11,17H,1-2,4-5H2,(H,15,18). The first-order chi connectivity index (χ1) is 9.74. The molecule has 0 saturated heterocycles. The van der Waals surface area contributed by atoms with Crippen LogP contribution in [0.25, 0.3) is 11.5 Å². The number of amides is 1. The fourth-order valence-electron chi connectivity index (χ4n) is 2.43. The van der Waals surface area contributed by atoms with Gasteiger partial charge in [-0.05, 0) is 25.0 Å². The lowest BCUT2D eigenvalue weighted by atomic mass is 9.92. The van der Waals surface area contributed by atoms with Gasteiger partial charge < -0.3 is 14.8 Å². The average molecular weight is 292 g/mol. The Morgan fingerprint density at radius 2 is 2.30 bits per heavy atom. The number of furan rings is 1. The summed E-state index contributed by atoms with van der Waals surface area (Å²) >= 11 is 1.28. The molecule has 0 aliphatic heterocycles. The van der Waals surface area contributed by atoms with E-state index in [0.717, 1.165) is 25.7 Å². The largest absolute Gasteiger partial charge is 0.463 e. The lowest BCUT2D eigenvalue weighted by molar-refractivity contribution is 0.0717. The van der Waals surface area contributed by atoms with Crippen LogP contribution < -0.4 is 5.32 Å². The predicted molar refractivity (Wildman–Crippen MR) is 75.5 cm³/mol. The molecule has 0 aromatic carbocycles. The SMILES string of the molecule is O=C(NC1CCCCC1O)c1nc(-c2ccco2)cs1. The summed E-state index contributed by atoms with van der Waals surface area (Å²) in [5, 5.41) is 14.9. The minimum absolute atomic E-state index is 0.160. The third kappa shape index (κ3) is 2.76. The summed E-state index contributed by atoms with van der Waals surface area (Å²) in [5.41, 5.74) is 0.661. The molecule has 1 saturated carbocycles. The Bertz CT molecular complexity index is 579. The number of aliphatic hydroxyl groups is 1. The van der Waals surface area contributed by atoms with Gasteiger partial charge in [0.15, 0.2) is 10.8 Å². The van der Waals surface area contributed by atoms with Crippen LogP contribution in [-0.4, -0.2) is 28.1 Å². The van der Waals surface area contributed by atoms with E-state index in [1.807, 2.05) is 6.07 Å². The Hall–Kier alpha value is -1.66. The molecule has 2 aromatic heterocycles. The van der Waals surface area contributed by atoms with Gasteiger partial charge in [0, 0.05) is 5.38 Å². The predicted octanol–water partition coefficient (Wildman–Crippen LogP) is 2.44. The van der Waals surface area contributed by atoms with Crippen molar-refractivity contribution < 1.29 is 14.3 Å². The van der Waals surface area contributed by atoms with Gasteiger partial charge in [-0.3, -0.25) is 4.79 Å². The van der Waals surface area contributed by atoms with Gasteiger partial charge in [0.1, 0.15) is 5.69 Å². The second-order valence-electron chi connectivity index (χ2n) is 4.95. The molecule has 5 nitrogen and oxygen atoms in total. The number of rotatable bonds is 3. The highest BCUT2D eigenvalue weighted by Crippen LogP contribution is 2.23. The topological polar surface area (TPSA) is 75.4 Å². The van der Waals surface area contributed by atoms with Crippen molar-refractivity contribution >= 4 is 17.2 Å². The van der Waals surface area contributed by atoms with Gasteiger partial charge in [-0.2, -0.15) is 0 Å². The van der Waals surface area contributed by atoms with E-state index in [9.17, 15) is 9.90 Å². The molecule has 0 spiro atoms. The Morgan fingerprint density at radius 3 is 3.05 bits per heavy atom. The van der Waals surface area contributed by atoms with Crippen molar-refractivity contribution in [3.05, 3.63) is 28.8 Å². The van der Waals surface area contributed by atoms with Crippen molar-refractivity contribution in [1.29, 1.82) is 0 Å². The van der Waals surface area contributed by atoms with E-state index in [1.165, 1.54) is 11.3 Å². The van der Waals surface area contributed by atoms with Crippen LogP contribution in [0, 0.1) is 0 Å². The molecule has 20 heavy (non-hydrogen) atoms. The maximum absolute atomic E-state index is 12.1. The van der Waals surface area contributed by atoms with Crippen LogP contribution in [0.4, 0.5) is 0 Å². The minimum atomic E-state index is -0.447. The number of aromatic nitrogens is 1. The van der Waals surface area contributed by atoms with E-state index in [2.05, 4.69) is 10.3 Å². The van der Waals surface area contributed by atoms with Crippen molar-refractivity contribution in [2.24, 2.45) is 0 Å². The molecular weight excluding hydrogens is 276 g/mol. The second-order valence-corrected chi connectivity index (χ2v) is 5.81. The highest BCUT2D eigenvalue weighted by molar-refractivity contribution is 7.12. The summed E-state index contributed by atoms with van der Waals surface area (Å²) in [6, 6.07) is 3.43. The zero-order valence-electron chi connectivity index (χ0n) is 10.9. The number of aliphatic hydroxyl groups excluding tert-OH is 1. The lowest BCUT2D eigenvalue weighted by Gasteiger charge is -2.27. The molecular formula is C14H16N2O3S. The maximum Gasteiger partial charge on any atom is 0.280 e. The smallest absolute Gasteiger partial charge is 0.280 e. The van der Waals surface area contributed by atoms with Gasteiger partial charge in [0.2, 0.25) is 0 Å². The van der Waals surface area contributed by atoms with Crippen LogP contribution >= 0.6 is 11.3 Å². The normalized spacial score (nSPS) is 22.6. The van der Waals surface area contributed by atoms with Crippen molar-refractivity contribution in [1.82, 2.24) is 10.3 Å². The van der Waals surface area contributed by atoms with Crippen LogP contribution in [0.1, 0.15) is 35.5 Å². The summed E-state index contributed by atoms with van der Waals surface area (Å²) in [6.07, 6.45) is 4.76. The molecule has 2 heterocycles. The quantitative estimate of drug-likeness (QED) is 0.911. The molecule has 0 bridgehead atoms. The molecule has 2 aromatic rings. The van der Waals surface area contributed by atoms with Gasteiger partial charge in [-0.25, -0.2) is 4.98 Å². The Morgan fingerprint density at radius 1 is 1.45 bits per heavy atom. The van der Waals surface area contributed by atoms with Gasteiger partial charge in [0.05, 0.1) is 18.4 Å². The number of thiazole rings is 1. The summed E-state index contributed by atoms with van der Waals surface area (Å²) in [5.74, 6) is 0.428. The summed E-state index contributed by atoms with van der Waals surface area (Å²) in [6.45, 7) is 0. The Labute approximate surface area is 120 Å². The third-order valence-corrected chi connectivity index (χ3v) is 4.36. The highest BCUT2D eigenvalue weighted by Gasteiger charge is 2.25. The summed E-state index contributed by atoms with van der Waals surface area (Å²) in [7, 11) is 0. The van der Waals surface area contributed by atoms with Crippen molar-refractivity contribution in [2.75, 3.05) is 0 Å². The average Bonchev–Trinajstić information content (AvgIpc) is 3.11. The number of carbonyl (C=O) groups is 1. The molecule has 2 N–H and O–H groups in total. The van der Waals surface area contributed by atoms with Gasteiger partial charge in [-0.1, -0.05) is 12.8 Å². The van der Waals surface area contributed by atoms with Crippen LogP contribution in [0.3, 0.4) is 0 Å². The summed E-state index contributed by atoms with van der Waals surface area (Å²) in [4.78, 5) is 16.4. The van der Waals surface area contributed by atoms with E-state index in [4.69, 9.17) is 4.42 Å². The number of nitrogens with zero attached hydrogens (tertiary/aromatic N) is 1. The Kier molecular flexibility index (Phi) is 3.84. The van der Waals surface area contributed by atoms with Crippen LogP contribution in [0.5, 0.6) is 0 Å². The second kappa shape index (κ2) is 5.76. The molecule has 1 aliphatic rings. The molecule has 2 unspecified atom stereocenters. The van der Waals surface area contributed by atoms with E-state index >= 15 is 0 Å². The lowest BCUT2D eigenvalue weighted by Crippen LogP contribution is -2.45. The Balaban J connectivity index is 1.68. The minimum Gasteiger partial charge on any atom is -0.463 e. The molecule has 1 aliphatic carbocycles. The fraction of sp³-hybridized carbons (Fsp3) is 0.429. The molecule has 2 atom stereocenters. The van der Waals surface area contributed by atoms with Crippen molar-refractivity contribution in [3.8, 4) is 11.5 Å². The maximum atomic E-state index is 12.1. The van der Waals surface area contributed by atoms with E-state index in [-0.39, 0.29) is 11.9 Å². The van der Waals surface area contributed by atoms with Gasteiger partial charge >= 0.3 is 0 Å².